The van der Waals surface area contributed by atoms with E-state index in [1.165, 1.54) is 5.56 Å². The number of hydrogen-bond acceptors (Lipinski definition) is 4. The zero-order valence-corrected chi connectivity index (χ0v) is 16.7. The highest BCUT2D eigenvalue weighted by atomic mass is 32.2. The topological polar surface area (TPSA) is 88.4 Å². The van der Waals surface area contributed by atoms with Crippen molar-refractivity contribution >= 4 is 15.8 Å². The van der Waals surface area contributed by atoms with Crippen molar-refractivity contribution in [3.05, 3.63) is 53.6 Å². The number of benzene rings is 1. The normalized spacial score (nSPS) is 19.2. The van der Waals surface area contributed by atoms with E-state index in [0.717, 1.165) is 24.5 Å². The van der Waals surface area contributed by atoms with E-state index in [4.69, 9.17) is 0 Å². The standard InChI is InChI=1S/C19H27N5O2S/c1-3-20-19(23-18-7-10-27(25,26)14-18)22-12-16-5-4-6-17(11-16)13-24-9-8-21-15(24)2/h4-6,8-9,11,18H,3,7,10,12-14H2,1-2H3,(H2,20,22,23). The first-order valence-corrected chi connectivity index (χ1v) is 11.1. The predicted octanol–water partition coefficient (Wildman–Crippen LogP) is 1.48. The van der Waals surface area contributed by atoms with Gasteiger partial charge < -0.3 is 15.2 Å². The van der Waals surface area contributed by atoms with Gasteiger partial charge in [0.15, 0.2) is 15.8 Å². The number of nitrogens with zero attached hydrogens (tertiary/aromatic N) is 3. The van der Waals surface area contributed by atoms with Gasteiger partial charge in [0, 0.05) is 31.5 Å². The Labute approximate surface area is 160 Å². The molecule has 0 radical (unpaired) electrons. The maximum atomic E-state index is 11.6. The maximum Gasteiger partial charge on any atom is 0.191 e. The van der Waals surface area contributed by atoms with Crippen LogP contribution in [0.5, 0.6) is 0 Å². The second-order valence-corrected chi connectivity index (χ2v) is 9.09. The molecule has 1 fully saturated rings. The lowest BCUT2D eigenvalue weighted by Gasteiger charge is -2.16. The van der Waals surface area contributed by atoms with Crippen molar-refractivity contribution in [2.75, 3.05) is 18.1 Å². The summed E-state index contributed by atoms with van der Waals surface area (Å²) in [6.45, 7) is 6.03. The summed E-state index contributed by atoms with van der Waals surface area (Å²) in [6.07, 6.45) is 4.41. The Morgan fingerprint density at radius 1 is 1.37 bits per heavy atom. The second kappa shape index (κ2) is 8.56. The summed E-state index contributed by atoms with van der Waals surface area (Å²) >= 11 is 0. The molecule has 27 heavy (non-hydrogen) atoms. The highest BCUT2D eigenvalue weighted by Gasteiger charge is 2.28. The van der Waals surface area contributed by atoms with Gasteiger partial charge in [-0.2, -0.15) is 0 Å². The van der Waals surface area contributed by atoms with Gasteiger partial charge in [-0.25, -0.2) is 18.4 Å². The molecule has 3 rings (SSSR count). The Morgan fingerprint density at radius 2 is 2.19 bits per heavy atom. The van der Waals surface area contributed by atoms with Crippen LogP contribution in [-0.4, -0.2) is 48.0 Å². The van der Waals surface area contributed by atoms with Crippen LogP contribution in [0.25, 0.3) is 0 Å². The molecule has 1 aliphatic heterocycles. The van der Waals surface area contributed by atoms with Crippen LogP contribution in [-0.2, 0) is 22.9 Å². The summed E-state index contributed by atoms with van der Waals surface area (Å²) in [7, 11) is -2.91. The van der Waals surface area contributed by atoms with Crippen LogP contribution in [0, 0.1) is 6.92 Å². The minimum absolute atomic E-state index is 0.0663. The monoisotopic (exact) mass is 389 g/mol. The Bertz CT molecular complexity index is 904. The lowest BCUT2D eigenvalue weighted by molar-refractivity contribution is 0.599. The minimum Gasteiger partial charge on any atom is -0.357 e. The molecule has 0 spiro atoms. The Kier molecular flexibility index (Phi) is 6.15. The molecule has 1 atom stereocenters. The van der Waals surface area contributed by atoms with E-state index in [1.807, 2.05) is 26.1 Å². The quantitative estimate of drug-likeness (QED) is 0.577. The zero-order valence-electron chi connectivity index (χ0n) is 15.9. The van der Waals surface area contributed by atoms with E-state index in [9.17, 15) is 8.42 Å². The van der Waals surface area contributed by atoms with Gasteiger partial charge in [0.2, 0.25) is 0 Å². The van der Waals surface area contributed by atoms with E-state index in [2.05, 4.69) is 43.4 Å². The summed E-state index contributed by atoms with van der Waals surface area (Å²) in [5, 5.41) is 6.45. The molecule has 1 aliphatic rings. The van der Waals surface area contributed by atoms with Gasteiger partial charge in [0.05, 0.1) is 18.1 Å². The van der Waals surface area contributed by atoms with Gasteiger partial charge in [-0.15, -0.1) is 0 Å². The van der Waals surface area contributed by atoms with E-state index < -0.39 is 9.84 Å². The summed E-state index contributed by atoms with van der Waals surface area (Å²) in [6, 6.07) is 8.27. The maximum absolute atomic E-state index is 11.6. The van der Waals surface area contributed by atoms with Crippen LogP contribution >= 0.6 is 0 Å². The highest BCUT2D eigenvalue weighted by Crippen LogP contribution is 2.12. The SMILES string of the molecule is CCNC(=NCc1cccc(Cn2ccnc2C)c1)NC1CCS(=O)(=O)C1. The van der Waals surface area contributed by atoms with Crippen LogP contribution < -0.4 is 10.6 Å². The second-order valence-electron chi connectivity index (χ2n) is 6.86. The Hall–Kier alpha value is -2.35. The van der Waals surface area contributed by atoms with E-state index in [1.54, 1.807) is 6.20 Å². The van der Waals surface area contributed by atoms with Gasteiger partial charge in [0.25, 0.3) is 0 Å². The molecular formula is C19H27N5O2S. The van der Waals surface area contributed by atoms with E-state index >= 15 is 0 Å². The average Bonchev–Trinajstić information content (AvgIpc) is 3.18. The van der Waals surface area contributed by atoms with Crippen molar-refractivity contribution in [3.63, 3.8) is 0 Å². The molecule has 1 aromatic carbocycles. The number of nitrogens with one attached hydrogen (secondary N) is 2. The van der Waals surface area contributed by atoms with Crippen LogP contribution in [0.2, 0.25) is 0 Å². The highest BCUT2D eigenvalue weighted by molar-refractivity contribution is 7.91. The average molecular weight is 390 g/mol. The smallest absolute Gasteiger partial charge is 0.191 e. The molecule has 0 aliphatic carbocycles. The van der Waals surface area contributed by atoms with Crippen molar-refractivity contribution in [1.82, 2.24) is 20.2 Å². The molecule has 7 nitrogen and oxygen atoms in total. The van der Waals surface area contributed by atoms with E-state index in [0.29, 0.717) is 18.9 Å². The van der Waals surface area contributed by atoms with Crippen molar-refractivity contribution in [3.8, 4) is 0 Å². The Balaban J connectivity index is 1.65. The van der Waals surface area contributed by atoms with E-state index in [-0.39, 0.29) is 17.5 Å². The molecule has 2 heterocycles. The lowest BCUT2D eigenvalue weighted by Crippen LogP contribution is -2.44. The molecule has 0 amide bonds. The molecule has 2 N–H and O–H groups in total. The number of aliphatic imine (C=N–C) groups is 1. The number of sulfone groups is 1. The summed E-state index contributed by atoms with van der Waals surface area (Å²) in [4.78, 5) is 8.89. The minimum atomic E-state index is -2.91. The van der Waals surface area contributed by atoms with Gasteiger partial charge in [-0.3, -0.25) is 0 Å². The van der Waals surface area contributed by atoms with Crippen LogP contribution in [0.15, 0.2) is 41.7 Å². The number of rotatable bonds is 6. The first kappa shape index (κ1) is 19.4. The molecule has 0 saturated carbocycles. The van der Waals surface area contributed by atoms with Gasteiger partial charge >= 0.3 is 0 Å². The number of imidazole rings is 1. The third-order valence-corrected chi connectivity index (χ3v) is 6.37. The molecule has 2 aromatic rings. The fraction of sp³-hybridized carbons (Fsp3) is 0.474. The molecule has 146 valence electrons. The summed E-state index contributed by atoms with van der Waals surface area (Å²) in [5.74, 6) is 2.08. The predicted molar refractivity (Wildman–Crippen MR) is 108 cm³/mol. The summed E-state index contributed by atoms with van der Waals surface area (Å²) < 4.78 is 25.4. The Morgan fingerprint density at radius 3 is 2.85 bits per heavy atom. The fourth-order valence-corrected chi connectivity index (χ4v) is 4.86. The zero-order chi connectivity index (χ0) is 19.3. The van der Waals surface area contributed by atoms with Crippen LogP contribution in [0.3, 0.4) is 0 Å². The van der Waals surface area contributed by atoms with Gasteiger partial charge in [-0.1, -0.05) is 24.3 Å². The molecule has 8 heteroatoms. The van der Waals surface area contributed by atoms with Crippen molar-refractivity contribution < 1.29 is 8.42 Å². The first-order chi connectivity index (χ1) is 12.9. The lowest BCUT2D eigenvalue weighted by atomic mass is 10.1. The third kappa shape index (κ3) is 5.56. The molecule has 1 unspecified atom stereocenters. The van der Waals surface area contributed by atoms with Gasteiger partial charge in [-0.05, 0) is 31.4 Å². The van der Waals surface area contributed by atoms with Crippen molar-refractivity contribution in [1.29, 1.82) is 0 Å². The molecule has 0 bridgehead atoms. The van der Waals surface area contributed by atoms with Crippen LogP contribution in [0.4, 0.5) is 0 Å². The molecular weight excluding hydrogens is 362 g/mol. The number of aromatic nitrogens is 2. The van der Waals surface area contributed by atoms with Crippen LogP contribution in [0.1, 0.15) is 30.3 Å². The van der Waals surface area contributed by atoms with Crippen molar-refractivity contribution in [2.24, 2.45) is 4.99 Å². The molecule has 1 saturated heterocycles. The number of aryl methyl sites for hydroxylation is 1. The number of hydrogen-bond donors (Lipinski definition) is 2. The molecule has 1 aromatic heterocycles. The third-order valence-electron chi connectivity index (χ3n) is 4.61. The van der Waals surface area contributed by atoms with Crippen molar-refractivity contribution in [2.45, 2.75) is 39.4 Å². The number of guanidine groups is 1. The largest absolute Gasteiger partial charge is 0.357 e. The fourth-order valence-electron chi connectivity index (χ4n) is 3.19. The summed E-state index contributed by atoms with van der Waals surface area (Å²) in [5.41, 5.74) is 2.31. The van der Waals surface area contributed by atoms with Gasteiger partial charge in [0.1, 0.15) is 5.82 Å². The first-order valence-electron chi connectivity index (χ1n) is 9.26.